The van der Waals surface area contributed by atoms with Gasteiger partial charge in [-0.2, -0.15) is 0 Å². The van der Waals surface area contributed by atoms with Gasteiger partial charge in [-0.1, -0.05) is 59.6 Å². The summed E-state index contributed by atoms with van der Waals surface area (Å²) in [6.45, 7) is 3.05. The predicted molar refractivity (Wildman–Crippen MR) is 93.8 cm³/mol. The van der Waals surface area contributed by atoms with Crippen LogP contribution >= 0.6 is 23.2 Å². The molecule has 1 saturated heterocycles. The molecule has 22 heavy (non-hydrogen) atoms. The molecule has 0 spiro atoms. The van der Waals surface area contributed by atoms with E-state index in [4.69, 9.17) is 23.2 Å². The Kier molecular flexibility index (Phi) is 5.04. The van der Waals surface area contributed by atoms with E-state index >= 15 is 0 Å². The van der Waals surface area contributed by atoms with Gasteiger partial charge >= 0.3 is 0 Å². The molecule has 3 rings (SSSR count). The van der Waals surface area contributed by atoms with E-state index in [0.29, 0.717) is 22.0 Å². The number of rotatable bonds is 4. The molecule has 2 aromatic rings. The fraction of sp³-hybridized carbons (Fsp3) is 0.333. The van der Waals surface area contributed by atoms with Gasteiger partial charge in [0.15, 0.2) is 0 Å². The Morgan fingerprint density at radius 2 is 1.82 bits per heavy atom. The first kappa shape index (κ1) is 15.8. The van der Waals surface area contributed by atoms with Crippen LogP contribution in [0.25, 0.3) is 0 Å². The summed E-state index contributed by atoms with van der Waals surface area (Å²) >= 11 is 12.2. The second-order valence-electron chi connectivity index (χ2n) is 5.85. The van der Waals surface area contributed by atoms with E-state index in [1.807, 2.05) is 19.2 Å². The van der Waals surface area contributed by atoms with E-state index in [-0.39, 0.29) is 0 Å². The lowest BCUT2D eigenvalue weighted by Gasteiger charge is -2.18. The minimum Gasteiger partial charge on any atom is -0.315 e. The monoisotopic (exact) mass is 334 g/mol. The fourth-order valence-corrected chi connectivity index (χ4v) is 3.54. The predicted octanol–water partition coefficient (Wildman–Crippen LogP) is 4.18. The van der Waals surface area contributed by atoms with Gasteiger partial charge in [0.2, 0.25) is 0 Å². The summed E-state index contributed by atoms with van der Waals surface area (Å²) in [6, 6.07) is 17.0. The third kappa shape index (κ3) is 3.47. The molecule has 2 nitrogen and oxygen atoms in total. The van der Waals surface area contributed by atoms with Crippen LogP contribution in [0.1, 0.15) is 17.0 Å². The lowest BCUT2D eigenvalue weighted by molar-refractivity contribution is 0.320. The Labute approximate surface area is 142 Å². The van der Waals surface area contributed by atoms with Crippen LogP contribution in [0.5, 0.6) is 0 Å². The Morgan fingerprint density at radius 1 is 1.05 bits per heavy atom. The standard InChI is InChI=1S/C18H20Cl2N2/c1-21-18-12-22(10-13-5-3-2-4-6-13)11-15(18)14-7-8-16(19)17(20)9-14/h2-9,15,18,21H,10-12H2,1H3/t15-,18-/m0/s1. The molecule has 1 fully saturated rings. The van der Waals surface area contributed by atoms with Gasteiger partial charge in [-0.3, -0.25) is 4.90 Å². The van der Waals surface area contributed by atoms with Gasteiger partial charge in [0, 0.05) is 31.6 Å². The first-order valence-corrected chi connectivity index (χ1v) is 8.31. The maximum atomic E-state index is 6.18. The number of hydrogen-bond acceptors (Lipinski definition) is 2. The Bertz CT molecular complexity index is 630. The minimum absolute atomic E-state index is 0.431. The summed E-state index contributed by atoms with van der Waals surface area (Å²) in [6.07, 6.45) is 0. The average Bonchev–Trinajstić information content (AvgIpc) is 2.94. The van der Waals surface area contributed by atoms with Crippen molar-refractivity contribution in [2.75, 3.05) is 20.1 Å². The molecule has 1 aliphatic heterocycles. The number of likely N-dealkylation sites (tertiary alicyclic amines) is 1. The van der Waals surface area contributed by atoms with Gasteiger partial charge in [0.1, 0.15) is 0 Å². The van der Waals surface area contributed by atoms with Crippen molar-refractivity contribution in [2.45, 2.75) is 18.5 Å². The molecule has 0 aromatic heterocycles. The van der Waals surface area contributed by atoms with E-state index in [0.717, 1.165) is 19.6 Å². The average molecular weight is 335 g/mol. The molecular formula is C18H20Cl2N2. The van der Waals surface area contributed by atoms with Crippen molar-refractivity contribution < 1.29 is 0 Å². The van der Waals surface area contributed by atoms with Crippen LogP contribution in [0.2, 0.25) is 10.0 Å². The summed E-state index contributed by atoms with van der Waals surface area (Å²) < 4.78 is 0. The highest BCUT2D eigenvalue weighted by atomic mass is 35.5. The summed E-state index contributed by atoms with van der Waals surface area (Å²) in [5.74, 6) is 0.434. The van der Waals surface area contributed by atoms with Crippen molar-refractivity contribution in [3.05, 3.63) is 69.7 Å². The van der Waals surface area contributed by atoms with Crippen LogP contribution in [-0.4, -0.2) is 31.1 Å². The highest BCUT2D eigenvalue weighted by Gasteiger charge is 2.32. The molecule has 1 N–H and O–H groups in total. The van der Waals surface area contributed by atoms with Crippen LogP contribution in [0.4, 0.5) is 0 Å². The molecule has 0 aliphatic carbocycles. The first-order chi connectivity index (χ1) is 10.7. The molecule has 0 bridgehead atoms. The van der Waals surface area contributed by atoms with Crippen LogP contribution < -0.4 is 5.32 Å². The molecule has 4 heteroatoms. The number of likely N-dealkylation sites (N-methyl/N-ethyl adjacent to an activating group) is 1. The first-order valence-electron chi connectivity index (χ1n) is 7.56. The Hall–Kier alpha value is -1.06. The summed E-state index contributed by atoms with van der Waals surface area (Å²) in [5, 5.41) is 4.70. The van der Waals surface area contributed by atoms with Crippen LogP contribution in [0.15, 0.2) is 48.5 Å². The zero-order chi connectivity index (χ0) is 15.5. The summed E-state index contributed by atoms with van der Waals surface area (Å²) in [4.78, 5) is 2.49. The zero-order valence-electron chi connectivity index (χ0n) is 12.6. The third-order valence-electron chi connectivity index (χ3n) is 4.39. The van der Waals surface area contributed by atoms with Crippen molar-refractivity contribution in [1.82, 2.24) is 10.2 Å². The molecule has 0 unspecified atom stereocenters. The fourth-order valence-electron chi connectivity index (χ4n) is 3.23. The quantitative estimate of drug-likeness (QED) is 0.902. The van der Waals surface area contributed by atoms with E-state index < -0.39 is 0 Å². The highest BCUT2D eigenvalue weighted by Crippen LogP contribution is 2.32. The number of hydrogen-bond donors (Lipinski definition) is 1. The summed E-state index contributed by atoms with van der Waals surface area (Å²) in [5.41, 5.74) is 2.61. The molecule has 0 saturated carbocycles. The molecule has 1 heterocycles. The van der Waals surface area contributed by atoms with E-state index in [1.54, 1.807) is 0 Å². The second kappa shape index (κ2) is 7.01. The number of nitrogens with one attached hydrogen (secondary N) is 1. The summed E-state index contributed by atoms with van der Waals surface area (Å²) in [7, 11) is 2.03. The zero-order valence-corrected chi connectivity index (χ0v) is 14.1. The largest absolute Gasteiger partial charge is 0.315 e. The van der Waals surface area contributed by atoms with Crippen LogP contribution in [-0.2, 0) is 6.54 Å². The molecule has 0 radical (unpaired) electrons. The lowest BCUT2D eigenvalue weighted by atomic mass is 9.94. The van der Waals surface area contributed by atoms with Gasteiger partial charge < -0.3 is 5.32 Å². The molecule has 2 aromatic carbocycles. The molecule has 116 valence electrons. The smallest absolute Gasteiger partial charge is 0.0595 e. The number of halogens is 2. The maximum Gasteiger partial charge on any atom is 0.0595 e. The van der Waals surface area contributed by atoms with Gasteiger partial charge in [0.25, 0.3) is 0 Å². The van der Waals surface area contributed by atoms with Crippen molar-refractivity contribution in [1.29, 1.82) is 0 Å². The van der Waals surface area contributed by atoms with E-state index in [2.05, 4.69) is 46.6 Å². The van der Waals surface area contributed by atoms with Crippen molar-refractivity contribution >= 4 is 23.2 Å². The van der Waals surface area contributed by atoms with Crippen LogP contribution in [0.3, 0.4) is 0 Å². The van der Waals surface area contributed by atoms with E-state index in [1.165, 1.54) is 11.1 Å². The van der Waals surface area contributed by atoms with Gasteiger partial charge in [-0.15, -0.1) is 0 Å². The van der Waals surface area contributed by atoms with E-state index in [9.17, 15) is 0 Å². The molecule has 2 atom stereocenters. The van der Waals surface area contributed by atoms with Gasteiger partial charge in [0.05, 0.1) is 10.0 Å². The molecule has 0 amide bonds. The molecule has 1 aliphatic rings. The number of benzene rings is 2. The van der Waals surface area contributed by atoms with Gasteiger partial charge in [-0.05, 0) is 30.3 Å². The Morgan fingerprint density at radius 3 is 2.50 bits per heavy atom. The topological polar surface area (TPSA) is 15.3 Å². The maximum absolute atomic E-state index is 6.18. The van der Waals surface area contributed by atoms with Crippen molar-refractivity contribution in [2.24, 2.45) is 0 Å². The van der Waals surface area contributed by atoms with Crippen molar-refractivity contribution in [3.63, 3.8) is 0 Å². The van der Waals surface area contributed by atoms with Crippen molar-refractivity contribution in [3.8, 4) is 0 Å². The number of nitrogens with zero attached hydrogens (tertiary/aromatic N) is 1. The Balaban J connectivity index is 1.75. The third-order valence-corrected chi connectivity index (χ3v) is 5.13. The second-order valence-corrected chi connectivity index (χ2v) is 6.67. The van der Waals surface area contributed by atoms with Gasteiger partial charge in [-0.25, -0.2) is 0 Å². The normalized spacial score (nSPS) is 22.1. The lowest BCUT2D eigenvalue weighted by Crippen LogP contribution is -2.32. The highest BCUT2D eigenvalue weighted by molar-refractivity contribution is 6.42. The SMILES string of the molecule is CN[C@H]1CN(Cc2ccccc2)C[C@H]1c1ccc(Cl)c(Cl)c1. The molecular weight excluding hydrogens is 315 g/mol. The minimum atomic E-state index is 0.431. The van der Waals surface area contributed by atoms with Crippen LogP contribution in [0, 0.1) is 0 Å².